The van der Waals surface area contributed by atoms with E-state index in [9.17, 15) is 18.0 Å². The van der Waals surface area contributed by atoms with E-state index in [1.165, 1.54) is 26.0 Å². The van der Waals surface area contributed by atoms with Crippen LogP contribution in [0.4, 0.5) is 5.69 Å². The summed E-state index contributed by atoms with van der Waals surface area (Å²) < 4.78 is 26.3. The van der Waals surface area contributed by atoms with Crippen LogP contribution in [0, 0.1) is 6.92 Å². The molecule has 0 aliphatic heterocycles. The number of rotatable bonds is 5. The second-order valence-electron chi connectivity index (χ2n) is 4.34. The SMILES string of the molecule is CC(=O)Nc1ccc(C)c(S(=O)(=O)N[C@@H](C)C(=O)O)c1. The average Bonchev–Trinajstić information content (AvgIpc) is 2.30. The van der Waals surface area contributed by atoms with E-state index >= 15 is 0 Å². The van der Waals surface area contributed by atoms with Crippen LogP contribution in [0.5, 0.6) is 0 Å². The minimum Gasteiger partial charge on any atom is -0.480 e. The van der Waals surface area contributed by atoms with Crippen LogP contribution in [-0.2, 0) is 19.6 Å². The van der Waals surface area contributed by atoms with Crippen molar-refractivity contribution in [1.29, 1.82) is 0 Å². The highest BCUT2D eigenvalue weighted by atomic mass is 32.2. The maximum atomic E-state index is 12.1. The normalized spacial score (nSPS) is 12.8. The third-order valence-electron chi connectivity index (χ3n) is 2.50. The fourth-order valence-corrected chi connectivity index (χ4v) is 2.98. The minimum absolute atomic E-state index is 0.0724. The monoisotopic (exact) mass is 300 g/mol. The molecule has 7 nitrogen and oxygen atoms in total. The first-order valence-corrected chi connectivity index (χ1v) is 7.25. The Hall–Kier alpha value is -1.93. The molecule has 110 valence electrons. The van der Waals surface area contributed by atoms with Gasteiger partial charge in [-0.1, -0.05) is 6.07 Å². The number of carboxylic acids is 1. The van der Waals surface area contributed by atoms with E-state index in [0.29, 0.717) is 11.3 Å². The van der Waals surface area contributed by atoms with Gasteiger partial charge in [-0.25, -0.2) is 8.42 Å². The molecule has 0 aromatic heterocycles. The summed E-state index contributed by atoms with van der Waals surface area (Å²) in [6.45, 7) is 4.11. The van der Waals surface area contributed by atoms with Gasteiger partial charge in [-0.05, 0) is 31.5 Å². The molecule has 1 aromatic carbocycles. The van der Waals surface area contributed by atoms with Gasteiger partial charge in [0.1, 0.15) is 6.04 Å². The van der Waals surface area contributed by atoms with Gasteiger partial charge < -0.3 is 10.4 Å². The van der Waals surface area contributed by atoms with E-state index in [0.717, 1.165) is 0 Å². The molecule has 0 fully saturated rings. The maximum Gasteiger partial charge on any atom is 0.321 e. The molecule has 0 radical (unpaired) electrons. The lowest BCUT2D eigenvalue weighted by Crippen LogP contribution is -2.38. The Kier molecular flexibility index (Phi) is 4.85. The number of hydrogen-bond acceptors (Lipinski definition) is 4. The molecule has 0 bridgehead atoms. The molecule has 0 saturated carbocycles. The molecule has 1 aromatic rings. The molecular formula is C12H16N2O5S. The molecule has 1 atom stereocenters. The van der Waals surface area contributed by atoms with Crippen LogP contribution < -0.4 is 10.0 Å². The van der Waals surface area contributed by atoms with Crippen LogP contribution in [0.1, 0.15) is 19.4 Å². The zero-order chi connectivity index (χ0) is 15.5. The molecule has 1 amide bonds. The van der Waals surface area contributed by atoms with Crippen molar-refractivity contribution in [2.45, 2.75) is 31.7 Å². The highest BCUT2D eigenvalue weighted by Crippen LogP contribution is 2.20. The molecule has 0 aliphatic carbocycles. The van der Waals surface area contributed by atoms with Gasteiger partial charge in [-0.15, -0.1) is 0 Å². The highest BCUT2D eigenvalue weighted by molar-refractivity contribution is 7.89. The van der Waals surface area contributed by atoms with Gasteiger partial charge in [0, 0.05) is 12.6 Å². The molecule has 0 spiro atoms. The van der Waals surface area contributed by atoms with E-state index in [1.54, 1.807) is 13.0 Å². The Morgan fingerprint density at radius 2 is 1.90 bits per heavy atom. The Morgan fingerprint density at radius 3 is 2.40 bits per heavy atom. The summed E-state index contributed by atoms with van der Waals surface area (Å²) in [6, 6.07) is 3.14. The zero-order valence-corrected chi connectivity index (χ0v) is 12.1. The molecule has 3 N–H and O–H groups in total. The van der Waals surface area contributed by atoms with Crippen LogP contribution in [-0.4, -0.2) is 31.4 Å². The number of carboxylic acid groups (broad SMARTS) is 1. The maximum absolute atomic E-state index is 12.1. The molecule has 0 aliphatic rings. The first-order valence-electron chi connectivity index (χ1n) is 5.77. The van der Waals surface area contributed by atoms with Gasteiger partial charge in [0.25, 0.3) is 0 Å². The Bertz CT molecular complexity index is 639. The topological polar surface area (TPSA) is 113 Å². The van der Waals surface area contributed by atoms with Gasteiger partial charge in [-0.2, -0.15) is 4.72 Å². The molecule has 20 heavy (non-hydrogen) atoms. The van der Waals surface area contributed by atoms with E-state index < -0.39 is 22.0 Å². The van der Waals surface area contributed by atoms with Gasteiger partial charge in [0.2, 0.25) is 15.9 Å². The lowest BCUT2D eigenvalue weighted by Gasteiger charge is -2.13. The van der Waals surface area contributed by atoms with E-state index in [-0.39, 0.29) is 10.8 Å². The summed E-state index contributed by atoms with van der Waals surface area (Å²) in [6.07, 6.45) is 0. The smallest absolute Gasteiger partial charge is 0.321 e. The quantitative estimate of drug-likeness (QED) is 0.741. The van der Waals surface area contributed by atoms with Crippen molar-refractivity contribution >= 4 is 27.6 Å². The van der Waals surface area contributed by atoms with Crippen LogP contribution in [0.25, 0.3) is 0 Å². The van der Waals surface area contributed by atoms with E-state index in [1.807, 2.05) is 0 Å². The standard InChI is InChI=1S/C12H16N2O5S/c1-7-4-5-10(13-9(3)15)6-11(7)20(18,19)14-8(2)12(16)17/h4-6,8,14H,1-3H3,(H,13,15)(H,16,17)/t8-/m0/s1. The molecule has 0 heterocycles. The number of amides is 1. The van der Waals surface area contributed by atoms with Crippen molar-refractivity contribution in [2.75, 3.05) is 5.32 Å². The first kappa shape index (κ1) is 16.1. The Balaban J connectivity index is 3.16. The van der Waals surface area contributed by atoms with E-state index in [4.69, 9.17) is 5.11 Å². The number of anilines is 1. The molecule has 8 heteroatoms. The molecule has 1 rings (SSSR count). The third kappa shape index (κ3) is 4.04. The summed E-state index contributed by atoms with van der Waals surface area (Å²) >= 11 is 0. The van der Waals surface area contributed by atoms with Crippen molar-refractivity contribution in [2.24, 2.45) is 0 Å². The number of hydrogen-bond donors (Lipinski definition) is 3. The Labute approximate surface area is 117 Å². The van der Waals surface area contributed by atoms with Crippen molar-refractivity contribution < 1.29 is 23.1 Å². The molecule has 0 saturated heterocycles. The van der Waals surface area contributed by atoms with E-state index in [2.05, 4.69) is 10.0 Å². The van der Waals surface area contributed by atoms with Crippen LogP contribution >= 0.6 is 0 Å². The average molecular weight is 300 g/mol. The van der Waals surface area contributed by atoms with Crippen LogP contribution in [0.3, 0.4) is 0 Å². The van der Waals surface area contributed by atoms with Gasteiger partial charge in [-0.3, -0.25) is 9.59 Å². The number of benzene rings is 1. The fraction of sp³-hybridized carbons (Fsp3) is 0.333. The van der Waals surface area contributed by atoms with Gasteiger partial charge >= 0.3 is 5.97 Å². The minimum atomic E-state index is -3.98. The first-order chi connectivity index (χ1) is 9.13. The molecular weight excluding hydrogens is 284 g/mol. The van der Waals surface area contributed by atoms with Gasteiger partial charge in [0.15, 0.2) is 0 Å². The van der Waals surface area contributed by atoms with Crippen molar-refractivity contribution in [3.8, 4) is 0 Å². The summed E-state index contributed by atoms with van der Waals surface area (Å²) in [5, 5.41) is 11.2. The fourth-order valence-electron chi connectivity index (χ4n) is 1.52. The van der Waals surface area contributed by atoms with Crippen molar-refractivity contribution in [3.05, 3.63) is 23.8 Å². The summed E-state index contributed by atoms with van der Waals surface area (Å²) in [4.78, 5) is 21.6. The third-order valence-corrected chi connectivity index (χ3v) is 4.18. The van der Waals surface area contributed by atoms with Crippen LogP contribution in [0.15, 0.2) is 23.1 Å². The largest absolute Gasteiger partial charge is 0.480 e. The summed E-state index contributed by atoms with van der Waals surface area (Å²) in [5.74, 6) is -1.60. The van der Waals surface area contributed by atoms with Crippen molar-refractivity contribution in [1.82, 2.24) is 4.72 Å². The number of aryl methyl sites for hydroxylation is 1. The number of carbonyl (C=O) groups excluding carboxylic acids is 1. The summed E-state index contributed by atoms with van der Waals surface area (Å²) in [5.41, 5.74) is 0.774. The number of nitrogens with one attached hydrogen (secondary N) is 2. The summed E-state index contributed by atoms with van der Waals surface area (Å²) in [7, 11) is -3.98. The predicted molar refractivity (Wildman–Crippen MR) is 72.9 cm³/mol. The highest BCUT2D eigenvalue weighted by Gasteiger charge is 2.23. The number of aliphatic carboxylic acids is 1. The van der Waals surface area contributed by atoms with Gasteiger partial charge in [0.05, 0.1) is 4.90 Å². The second kappa shape index (κ2) is 6.02. The molecule has 0 unspecified atom stereocenters. The van der Waals surface area contributed by atoms with Crippen molar-refractivity contribution in [3.63, 3.8) is 0 Å². The second-order valence-corrected chi connectivity index (χ2v) is 6.03. The number of carbonyl (C=O) groups is 2. The lowest BCUT2D eigenvalue weighted by atomic mass is 10.2. The zero-order valence-electron chi connectivity index (χ0n) is 11.3. The lowest BCUT2D eigenvalue weighted by molar-refractivity contribution is -0.138. The predicted octanol–water partition coefficient (Wildman–Crippen LogP) is 0.705. The van der Waals surface area contributed by atoms with Crippen LogP contribution in [0.2, 0.25) is 0 Å². The Morgan fingerprint density at radius 1 is 1.30 bits per heavy atom. The number of sulfonamides is 1.